The van der Waals surface area contributed by atoms with Crippen LogP contribution in [0.4, 0.5) is 5.69 Å². The third kappa shape index (κ3) is 4.60. The van der Waals surface area contributed by atoms with E-state index in [2.05, 4.69) is 20.2 Å². The van der Waals surface area contributed by atoms with Crippen LogP contribution >= 0.6 is 0 Å². The lowest BCUT2D eigenvalue weighted by Gasteiger charge is -2.06. The Morgan fingerprint density at radius 3 is 2.67 bits per heavy atom. The molecule has 3 N–H and O–H groups in total. The molecule has 0 radical (unpaired) electrons. The van der Waals surface area contributed by atoms with Gasteiger partial charge in [0.05, 0.1) is 18.1 Å². The van der Waals surface area contributed by atoms with Gasteiger partial charge >= 0.3 is 0 Å². The smallest absolute Gasteiger partial charge is 0.271 e. The van der Waals surface area contributed by atoms with Crippen LogP contribution in [-0.4, -0.2) is 37.3 Å². The highest BCUT2D eigenvalue weighted by Gasteiger charge is 2.15. The summed E-state index contributed by atoms with van der Waals surface area (Å²) in [6.07, 6.45) is 2.96. The van der Waals surface area contributed by atoms with Crippen LogP contribution in [-0.2, 0) is 16.4 Å². The fourth-order valence-corrected chi connectivity index (χ4v) is 2.34. The molecular weight excluding hydrogens is 292 g/mol. The first-order chi connectivity index (χ1) is 9.96. The van der Waals surface area contributed by atoms with E-state index in [4.69, 9.17) is 0 Å². The fraction of sp³-hybridized carbons (Fsp3) is 0.231. The van der Waals surface area contributed by atoms with Gasteiger partial charge in [0.15, 0.2) is 0 Å². The molecule has 7 nitrogen and oxygen atoms in total. The minimum atomic E-state index is -3.46. The van der Waals surface area contributed by atoms with Crippen molar-refractivity contribution in [1.29, 1.82) is 0 Å². The molecule has 1 aromatic carbocycles. The molecule has 0 aliphatic carbocycles. The zero-order valence-corrected chi connectivity index (χ0v) is 12.3. The van der Waals surface area contributed by atoms with Gasteiger partial charge in [-0.25, -0.2) is 8.42 Å². The highest BCUT2D eigenvalue weighted by atomic mass is 32.2. The van der Waals surface area contributed by atoms with Crippen molar-refractivity contribution in [1.82, 2.24) is 15.5 Å². The van der Waals surface area contributed by atoms with Gasteiger partial charge in [-0.1, -0.05) is 30.3 Å². The molecule has 0 unspecified atom stereocenters. The van der Waals surface area contributed by atoms with Gasteiger partial charge in [-0.05, 0) is 12.0 Å². The molecule has 112 valence electrons. The SMILES string of the molecule is CS(=O)(=O)Nc1cn[nH]c1C(=O)NCCc1ccccc1. The predicted octanol–water partition coefficient (Wildman–Crippen LogP) is 0.754. The number of anilines is 1. The van der Waals surface area contributed by atoms with Crippen molar-refractivity contribution >= 4 is 21.6 Å². The summed E-state index contributed by atoms with van der Waals surface area (Å²) < 4.78 is 24.6. The molecule has 1 aromatic heterocycles. The Balaban J connectivity index is 1.94. The summed E-state index contributed by atoms with van der Waals surface area (Å²) >= 11 is 0. The van der Waals surface area contributed by atoms with Crippen LogP contribution in [0.2, 0.25) is 0 Å². The second-order valence-corrected chi connectivity index (χ2v) is 6.27. The molecule has 21 heavy (non-hydrogen) atoms. The van der Waals surface area contributed by atoms with Crippen LogP contribution in [0.15, 0.2) is 36.5 Å². The Labute approximate surface area is 122 Å². The van der Waals surface area contributed by atoms with Crippen molar-refractivity contribution in [3.63, 3.8) is 0 Å². The van der Waals surface area contributed by atoms with E-state index in [1.54, 1.807) is 0 Å². The van der Waals surface area contributed by atoms with Crippen molar-refractivity contribution in [3.05, 3.63) is 47.8 Å². The number of hydrogen-bond acceptors (Lipinski definition) is 4. The molecule has 1 heterocycles. The van der Waals surface area contributed by atoms with E-state index in [0.29, 0.717) is 13.0 Å². The Kier molecular flexibility index (Phi) is 4.59. The summed E-state index contributed by atoms with van der Waals surface area (Å²) in [5, 5.41) is 8.88. The number of carbonyl (C=O) groups is 1. The summed E-state index contributed by atoms with van der Waals surface area (Å²) in [5.41, 5.74) is 1.33. The maximum absolute atomic E-state index is 12.0. The average Bonchev–Trinajstić information content (AvgIpc) is 2.86. The molecule has 0 aliphatic rings. The molecule has 2 aromatic rings. The number of rotatable bonds is 6. The molecule has 0 saturated carbocycles. The number of H-pyrrole nitrogens is 1. The minimum Gasteiger partial charge on any atom is -0.350 e. The molecule has 1 amide bonds. The van der Waals surface area contributed by atoms with Gasteiger partial charge in [0, 0.05) is 6.54 Å². The molecule has 0 fully saturated rings. The molecule has 2 rings (SSSR count). The normalized spacial score (nSPS) is 11.1. The van der Waals surface area contributed by atoms with E-state index >= 15 is 0 Å². The third-order valence-electron chi connectivity index (χ3n) is 2.70. The first-order valence-corrected chi connectivity index (χ1v) is 8.18. The van der Waals surface area contributed by atoms with Gasteiger partial charge in [0.1, 0.15) is 5.69 Å². The Morgan fingerprint density at radius 1 is 1.29 bits per heavy atom. The first kappa shape index (κ1) is 15.0. The number of nitrogens with one attached hydrogen (secondary N) is 3. The van der Waals surface area contributed by atoms with Crippen LogP contribution in [0.3, 0.4) is 0 Å². The highest BCUT2D eigenvalue weighted by molar-refractivity contribution is 7.92. The van der Waals surface area contributed by atoms with Crippen LogP contribution in [0.5, 0.6) is 0 Å². The van der Waals surface area contributed by atoms with Gasteiger partial charge in [-0.2, -0.15) is 5.10 Å². The topological polar surface area (TPSA) is 104 Å². The van der Waals surface area contributed by atoms with Crippen molar-refractivity contribution in [2.24, 2.45) is 0 Å². The number of carbonyl (C=O) groups excluding carboxylic acids is 1. The number of aromatic nitrogens is 2. The van der Waals surface area contributed by atoms with Gasteiger partial charge in [-0.15, -0.1) is 0 Å². The largest absolute Gasteiger partial charge is 0.350 e. The maximum Gasteiger partial charge on any atom is 0.271 e. The van der Waals surface area contributed by atoms with E-state index in [1.807, 2.05) is 30.3 Å². The van der Waals surface area contributed by atoms with Gasteiger partial charge in [0.2, 0.25) is 10.0 Å². The summed E-state index contributed by atoms with van der Waals surface area (Å²) in [6.45, 7) is 0.445. The van der Waals surface area contributed by atoms with Crippen LogP contribution in [0, 0.1) is 0 Å². The Bertz CT molecular complexity index is 710. The van der Waals surface area contributed by atoms with E-state index in [1.165, 1.54) is 6.20 Å². The lowest BCUT2D eigenvalue weighted by Crippen LogP contribution is -2.27. The van der Waals surface area contributed by atoms with Crippen molar-refractivity contribution in [3.8, 4) is 0 Å². The number of amides is 1. The van der Waals surface area contributed by atoms with Crippen LogP contribution in [0.25, 0.3) is 0 Å². The molecule has 0 bridgehead atoms. The monoisotopic (exact) mass is 308 g/mol. The zero-order chi connectivity index (χ0) is 15.3. The van der Waals surface area contributed by atoms with E-state index in [9.17, 15) is 13.2 Å². The van der Waals surface area contributed by atoms with E-state index in [0.717, 1.165) is 11.8 Å². The Hall–Kier alpha value is -2.35. The second kappa shape index (κ2) is 6.40. The summed E-state index contributed by atoms with van der Waals surface area (Å²) in [7, 11) is -3.46. The number of sulfonamides is 1. The third-order valence-corrected chi connectivity index (χ3v) is 3.29. The molecule has 8 heteroatoms. The van der Waals surface area contributed by atoms with Crippen LogP contribution in [0.1, 0.15) is 16.1 Å². The first-order valence-electron chi connectivity index (χ1n) is 6.29. The molecular formula is C13H16N4O3S. The quantitative estimate of drug-likeness (QED) is 0.732. The fourth-order valence-electron chi connectivity index (χ4n) is 1.79. The molecule has 0 saturated heterocycles. The summed E-state index contributed by atoms with van der Waals surface area (Å²) in [6, 6.07) is 9.73. The van der Waals surface area contributed by atoms with E-state index in [-0.39, 0.29) is 11.4 Å². The Morgan fingerprint density at radius 2 is 2.00 bits per heavy atom. The number of nitrogens with zero attached hydrogens (tertiary/aromatic N) is 1. The van der Waals surface area contributed by atoms with Crippen molar-refractivity contribution in [2.75, 3.05) is 17.5 Å². The summed E-state index contributed by atoms with van der Waals surface area (Å²) in [5.74, 6) is -0.408. The number of benzene rings is 1. The zero-order valence-electron chi connectivity index (χ0n) is 11.5. The molecule has 0 aliphatic heterocycles. The standard InChI is InChI=1S/C13H16N4O3S/c1-21(19,20)17-11-9-15-16-12(11)13(18)14-8-7-10-5-3-2-4-6-10/h2-6,9,17H,7-8H2,1H3,(H,14,18)(H,15,16). The van der Waals surface area contributed by atoms with Crippen molar-refractivity contribution < 1.29 is 13.2 Å². The molecule has 0 spiro atoms. The maximum atomic E-state index is 12.0. The average molecular weight is 308 g/mol. The van der Waals surface area contributed by atoms with Gasteiger partial charge in [0.25, 0.3) is 5.91 Å². The highest BCUT2D eigenvalue weighted by Crippen LogP contribution is 2.12. The van der Waals surface area contributed by atoms with Crippen LogP contribution < -0.4 is 10.0 Å². The second-order valence-electron chi connectivity index (χ2n) is 4.52. The minimum absolute atomic E-state index is 0.0912. The predicted molar refractivity (Wildman–Crippen MR) is 79.5 cm³/mol. The lowest BCUT2D eigenvalue weighted by molar-refractivity contribution is 0.0950. The van der Waals surface area contributed by atoms with Gasteiger partial charge < -0.3 is 5.32 Å². The van der Waals surface area contributed by atoms with Gasteiger partial charge in [-0.3, -0.25) is 14.6 Å². The lowest BCUT2D eigenvalue weighted by atomic mass is 10.1. The number of hydrogen-bond donors (Lipinski definition) is 3. The van der Waals surface area contributed by atoms with Crippen molar-refractivity contribution in [2.45, 2.75) is 6.42 Å². The number of aromatic amines is 1. The summed E-state index contributed by atoms with van der Waals surface area (Å²) in [4.78, 5) is 12.0. The van der Waals surface area contributed by atoms with E-state index < -0.39 is 15.9 Å². The molecule has 0 atom stereocenters.